The van der Waals surface area contributed by atoms with Gasteiger partial charge in [-0.1, -0.05) is 0 Å². The van der Waals surface area contributed by atoms with E-state index in [4.69, 9.17) is 5.84 Å². The van der Waals surface area contributed by atoms with E-state index in [0.717, 1.165) is 3.57 Å². The molecule has 0 amide bonds. The van der Waals surface area contributed by atoms with Crippen LogP contribution in [0.2, 0.25) is 0 Å². The Kier molecular flexibility index (Phi) is 3.08. The van der Waals surface area contributed by atoms with Crippen LogP contribution in [-0.4, -0.2) is 34.5 Å². The zero-order chi connectivity index (χ0) is 13.2. The molecule has 96 valence electrons. The normalized spacial score (nSPS) is 10.6. The first-order valence-corrected chi connectivity index (χ1v) is 6.27. The van der Waals surface area contributed by atoms with Crippen molar-refractivity contribution in [1.82, 2.24) is 34.5 Å². The van der Waals surface area contributed by atoms with Crippen molar-refractivity contribution in [2.75, 3.05) is 5.43 Å². The second-order valence-electron chi connectivity index (χ2n) is 3.46. The molecule has 3 N–H and O–H groups in total. The number of nitrogens with zero attached hydrogens (tertiary/aromatic N) is 7. The smallest absolute Gasteiger partial charge is 0.257 e. The second-order valence-corrected chi connectivity index (χ2v) is 4.70. The molecule has 3 heterocycles. The first kappa shape index (κ1) is 12.0. The topological polar surface area (TPSA) is 112 Å². The fourth-order valence-corrected chi connectivity index (χ4v) is 1.81. The third kappa shape index (κ3) is 2.39. The number of halogens is 1. The highest BCUT2D eigenvalue weighted by molar-refractivity contribution is 14.1. The third-order valence-corrected chi connectivity index (χ3v) is 2.76. The highest BCUT2D eigenvalue weighted by Gasteiger charge is 2.10. The van der Waals surface area contributed by atoms with Crippen molar-refractivity contribution in [2.24, 2.45) is 5.84 Å². The Bertz CT molecular complexity index is 690. The van der Waals surface area contributed by atoms with E-state index in [1.807, 2.05) is 0 Å². The SMILES string of the molecule is NNc1nc(-n2cccn2)nc(-n2cc(I)cn2)n1. The summed E-state index contributed by atoms with van der Waals surface area (Å²) < 4.78 is 4.03. The van der Waals surface area contributed by atoms with Gasteiger partial charge < -0.3 is 0 Å². The first-order chi connectivity index (χ1) is 9.26. The predicted octanol–water partition coefficient (Wildman–Crippen LogP) is 0.133. The van der Waals surface area contributed by atoms with Crippen LogP contribution in [0, 0.1) is 3.57 Å². The van der Waals surface area contributed by atoms with Gasteiger partial charge in [-0.05, 0) is 28.7 Å². The van der Waals surface area contributed by atoms with Gasteiger partial charge in [-0.15, -0.1) is 0 Å². The molecular weight excluding hydrogens is 361 g/mol. The minimum atomic E-state index is 0.237. The second kappa shape index (κ2) is 4.89. The monoisotopic (exact) mass is 369 g/mol. The van der Waals surface area contributed by atoms with E-state index >= 15 is 0 Å². The van der Waals surface area contributed by atoms with Gasteiger partial charge in [0, 0.05) is 18.6 Å². The molecular formula is C9H8IN9. The molecule has 0 bridgehead atoms. The van der Waals surface area contributed by atoms with E-state index in [1.54, 1.807) is 30.9 Å². The van der Waals surface area contributed by atoms with Crippen LogP contribution in [-0.2, 0) is 0 Å². The number of rotatable bonds is 3. The molecule has 0 fully saturated rings. The molecule has 9 nitrogen and oxygen atoms in total. The molecule has 0 aliphatic rings. The van der Waals surface area contributed by atoms with Crippen LogP contribution in [0.5, 0.6) is 0 Å². The summed E-state index contributed by atoms with van der Waals surface area (Å²) in [4.78, 5) is 12.6. The zero-order valence-electron chi connectivity index (χ0n) is 9.47. The summed E-state index contributed by atoms with van der Waals surface area (Å²) in [6.45, 7) is 0. The van der Waals surface area contributed by atoms with Crippen molar-refractivity contribution in [1.29, 1.82) is 0 Å². The summed E-state index contributed by atoms with van der Waals surface area (Å²) in [7, 11) is 0. The fourth-order valence-electron chi connectivity index (χ4n) is 1.42. The summed E-state index contributed by atoms with van der Waals surface area (Å²) in [5.74, 6) is 6.31. The van der Waals surface area contributed by atoms with Crippen molar-refractivity contribution < 1.29 is 0 Å². The van der Waals surface area contributed by atoms with Gasteiger partial charge in [0.05, 0.1) is 9.77 Å². The van der Waals surface area contributed by atoms with Crippen molar-refractivity contribution in [3.8, 4) is 11.9 Å². The maximum absolute atomic E-state index is 5.36. The van der Waals surface area contributed by atoms with Crippen LogP contribution >= 0.6 is 22.6 Å². The summed E-state index contributed by atoms with van der Waals surface area (Å²) in [6, 6.07) is 1.77. The molecule has 0 aliphatic heterocycles. The van der Waals surface area contributed by atoms with E-state index in [1.165, 1.54) is 9.36 Å². The lowest BCUT2D eigenvalue weighted by molar-refractivity contribution is 0.745. The Balaban J connectivity index is 2.12. The Hall–Kier alpha value is -2.08. The van der Waals surface area contributed by atoms with E-state index in [9.17, 15) is 0 Å². The number of hydrogen-bond donors (Lipinski definition) is 2. The minimum Gasteiger partial charge on any atom is -0.292 e. The van der Waals surface area contributed by atoms with Crippen LogP contribution in [0.4, 0.5) is 5.95 Å². The molecule has 3 rings (SSSR count). The maximum Gasteiger partial charge on any atom is 0.257 e. The molecule has 0 spiro atoms. The van der Waals surface area contributed by atoms with Crippen molar-refractivity contribution in [3.63, 3.8) is 0 Å². The summed E-state index contributed by atoms with van der Waals surface area (Å²) in [5.41, 5.74) is 2.40. The van der Waals surface area contributed by atoms with Gasteiger partial charge >= 0.3 is 0 Å². The van der Waals surface area contributed by atoms with Gasteiger partial charge in [0.1, 0.15) is 0 Å². The number of hydrazine groups is 1. The molecule has 0 radical (unpaired) electrons. The van der Waals surface area contributed by atoms with Crippen LogP contribution in [0.25, 0.3) is 11.9 Å². The molecule has 0 atom stereocenters. The first-order valence-electron chi connectivity index (χ1n) is 5.19. The number of nitrogens with two attached hydrogens (primary N) is 1. The Morgan fingerprint density at radius 1 is 1.11 bits per heavy atom. The van der Waals surface area contributed by atoms with Gasteiger partial charge in [0.2, 0.25) is 5.95 Å². The number of nitrogen functional groups attached to an aromatic ring is 1. The average Bonchev–Trinajstić information content (AvgIpc) is 3.09. The van der Waals surface area contributed by atoms with Gasteiger partial charge in [-0.3, -0.25) is 5.43 Å². The van der Waals surface area contributed by atoms with E-state index < -0.39 is 0 Å². The van der Waals surface area contributed by atoms with Crippen LogP contribution < -0.4 is 11.3 Å². The lowest BCUT2D eigenvalue weighted by Gasteiger charge is -2.05. The minimum absolute atomic E-state index is 0.237. The highest BCUT2D eigenvalue weighted by Crippen LogP contribution is 2.09. The Morgan fingerprint density at radius 2 is 1.89 bits per heavy atom. The standard InChI is InChI=1S/C9H8IN9/c10-6-4-13-19(5-6)9-15-7(17-11)14-8(16-9)18-3-1-2-12-18/h1-5H,11H2,(H,14,15,16,17). The largest absolute Gasteiger partial charge is 0.292 e. The number of aromatic nitrogens is 7. The van der Waals surface area contributed by atoms with Crippen LogP contribution in [0.3, 0.4) is 0 Å². The van der Waals surface area contributed by atoms with Crippen LogP contribution in [0.1, 0.15) is 0 Å². The lowest BCUT2D eigenvalue weighted by atomic mass is 10.7. The Morgan fingerprint density at radius 3 is 2.47 bits per heavy atom. The molecule has 0 aliphatic carbocycles. The van der Waals surface area contributed by atoms with Gasteiger partial charge in [0.15, 0.2) is 0 Å². The molecule has 0 unspecified atom stereocenters. The predicted molar refractivity (Wildman–Crippen MR) is 74.6 cm³/mol. The summed E-state index contributed by atoms with van der Waals surface area (Å²) in [5, 5.41) is 8.21. The lowest BCUT2D eigenvalue weighted by Crippen LogP contribution is -2.16. The third-order valence-electron chi connectivity index (χ3n) is 2.21. The van der Waals surface area contributed by atoms with Crippen molar-refractivity contribution in [2.45, 2.75) is 0 Å². The summed E-state index contributed by atoms with van der Waals surface area (Å²) in [6.07, 6.45) is 6.86. The van der Waals surface area contributed by atoms with Crippen molar-refractivity contribution in [3.05, 3.63) is 34.4 Å². The fraction of sp³-hybridized carbons (Fsp3) is 0. The van der Waals surface area contributed by atoms with E-state index in [0.29, 0.717) is 11.9 Å². The highest BCUT2D eigenvalue weighted by atomic mass is 127. The van der Waals surface area contributed by atoms with Crippen LogP contribution in [0.15, 0.2) is 30.9 Å². The van der Waals surface area contributed by atoms with Crippen molar-refractivity contribution >= 4 is 28.5 Å². The molecule has 19 heavy (non-hydrogen) atoms. The number of nitrogens with one attached hydrogen (secondary N) is 1. The molecule has 0 saturated carbocycles. The van der Waals surface area contributed by atoms with Gasteiger partial charge in [-0.2, -0.15) is 25.1 Å². The molecule has 10 heteroatoms. The van der Waals surface area contributed by atoms with Gasteiger partial charge in [-0.25, -0.2) is 15.2 Å². The van der Waals surface area contributed by atoms with E-state index in [-0.39, 0.29) is 5.95 Å². The molecule has 0 aromatic carbocycles. The maximum atomic E-state index is 5.36. The van der Waals surface area contributed by atoms with Gasteiger partial charge in [0.25, 0.3) is 11.9 Å². The zero-order valence-corrected chi connectivity index (χ0v) is 11.6. The molecule has 3 aromatic rings. The molecule has 0 saturated heterocycles. The summed E-state index contributed by atoms with van der Waals surface area (Å²) >= 11 is 2.15. The number of anilines is 1. The molecule has 3 aromatic heterocycles. The quantitative estimate of drug-likeness (QED) is 0.384. The Labute approximate surface area is 121 Å². The average molecular weight is 369 g/mol. The number of hydrogen-bond acceptors (Lipinski definition) is 7. The van der Waals surface area contributed by atoms with E-state index in [2.05, 4.69) is 53.2 Å².